The number of alkyl halides is 7. The standard InChI is InChI=1S/C10H5Cl7O/c11-4-1-2-5(18)3(4)7(13)6(12)8(2,14)10(16,17)9(1,7)15/h1-4,6H/t1-,2+,3-,4+,6-,7+,8-,9+/m1/s1. The molecule has 4 aliphatic rings. The van der Waals surface area contributed by atoms with Crippen LogP contribution in [0.1, 0.15) is 0 Å². The first-order valence-corrected chi connectivity index (χ1v) is 8.12. The molecule has 8 atom stereocenters. The molecule has 4 rings (SSSR count). The van der Waals surface area contributed by atoms with Gasteiger partial charge >= 0.3 is 0 Å². The number of carbonyl (C=O) groups is 1. The Labute approximate surface area is 138 Å². The Hall–Kier alpha value is 1.70. The zero-order valence-corrected chi connectivity index (χ0v) is 13.7. The monoisotopic (exact) mass is 386 g/mol. The van der Waals surface area contributed by atoms with E-state index in [9.17, 15) is 4.79 Å². The summed E-state index contributed by atoms with van der Waals surface area (Å²) in [5.41, 5.74) is 0. The fourth-order valence-corrected chi connectivity index (χ4v) is 9.32. The van der Waals surface area contributed by atoms with Crippen LogP contribution in [0.5, 0.6) is 0 Å². The summed E-state index contributed by atoms with van der Waals surface area (Å²) < 4.78 is -1.58. The maximum Gasteiger partial charge on any atom is 0.160 e. The topological polar surface area (TPSA) is 17.1 Å². The van der Waals surface area contributed by atoms with Crippen LogP contribution in [-0.4, -0.2) is 35.5 Å². The maximum atomic E-state index is 12.4. The van der Waals surface area contributed by atoms with E-state index in [-0.39, 0.29) is 5.78 Å². The van der Waals surface area contributed by atoms with E-state index >= 15 is 0 Å². The van der Waals surface area contributed by atoms with Crippen LogP contribution >= 0.6 is 81.2 Å². The number of hydrogen-bond acceptors (Lipinski definition) is 1. The lowest BCUT2D eigenvalue weighted by molar-refractivity contribution is -0.129. The van der Waals surface area contributed by atoms with Crippen molar-refractivity contribution < 1.29 is 4.79 Å². The van der Waals surface area contributed by atoms with Gasteiger partial charge in [0.2, 0.25) is 0 Å². The van der Waals surface area contributed by atoms with Crippen molar-refractivity contribution in [2.75, 3.05) is 0 Å². The highest BCUT2D eigenvalue weighted by Gasteiger charge is 3.01. The number of ketones is 1. The van der Waals surface area contributed by atoms with Crippen LogP contribution in [-0.2, 0) is 4.79 Å². The summed E-state index contributed by atoms with van der Waals surface area (Å²) in [5.74, 6) is -1.80. The van der Waals surface area contributed by atoms with Gasteiger partial charge in [0, 0.05) is 11.8 Å². The van der Waals surface area contributed by atoms with Crippen LogP contribution in [0.2, 0.25) is 0 Å². The number of Topliss-reactive ketones (excluding diaryl/α,β-unsaturated/α-hetero) is 1. The van der Waals surface area contributed by atoms with Gasteiger partial charge in [-0.25, -0.2) is 0 Å². The molecular formula is C10H5Cl7O. The van der Waals surface area contributed by atoms with Crippen LogP contribution in [0.3, 0.4) is 0 Å². The zero-order valence-electron chi connectivity index (χ0n) is 8.44. The van der Waals surface area contributed by atoms with Crippen molar-refractivity contribution >= 4 is 87.0 Å². The van der Waals surface area contributed by atoms with E-state index < -0.39 is 47.5 Å². The molecule has 18 heavy (non-hydrogen) atoms. The Bertz CT molecular complexity index is 508. The fraction of sp³-hybridized carbons (Fsp3) is 0.900. The van der Waals surface area contributed by atoms with Crippen LogP contribution < -0.4 is 0 Å². The van der Waals surface area contributed by atoms with E-state index in [0.717, 1.165) is 0 Å². The van der Waals surface area contributed by atoms with Crippen LogP contribution in [0, 0.1) is 17.8 Å². The average Bonchev–Trinajstić information content (AvgIpc) is 2.69. The lowest BCUT2D eigenvalue weighted by atomic mass is 9.68. The highest BCUT2D eigenvalue weighted by Crippen LogP contribution is 2.88. The first kappa shape index (κ1) is 13.4. The molecule has 4 aliphatic carbocycles. The Morgan fingerprint density at radius 2 is 1.44 bits per heavy atom. The van der Waals surface area contributed by atoms with Crippen molar-refractivity contribution in [1.29, 1.82) is 0 Å². The van der Waals surface area contributed by atoms with Crippen LogP contribution in [0.15, 0.2) is 0 Å². The van der Waals surface area contributed by atoms with E-state index in [1.807, 2.05) is 0 Å². The number of hydrogen-bond donors (Lipinski definition) is 0. The van der Waals surface area contributed by atoms with Gasteiger partial charge in [0.1, 0.15) is 15.5 Å². The summed E-state index contributed by atoms with van der Waals surface area (Å²) in [6, 6.07) is 0. The molecule has 0 radical (unpaired) electrons. The van der Waals surface area contributed by atoms with Gasteiger partial charge in [-0.1, -0.05) is 23.2 Å². The van der Waals surface area contributed by atoms with E-state index in [0.29, 0.717) is 0 Å². The molecule has 0 aromatic carbocycles. The summed E-state index contributed by atoms with van der Waals surface area (Å²) in [6.45, 7) is 0. The van der Waals surface area contributed by atoms with Gasteiger partial charge in [0.15, 0.2) is 4.33 Å². The van der Waals surface area contributed by atoms with Crippen LogP contribution in [0.25, 0.3) is 0 Å². The molecule has 4 fully saturated rings. The van der Waals surface area contributed by atoms with Crippen molar-refractivity contribution in [3.05, 3.63) is 0 Å². The fourth-order valence-electron chi connectivity index (χ4n) is 4.65. The number of fused-ring (bicyclic) bond motifs is 4. The van der Waals surface area contributed by atoms with Gasteiger partial charge < -0.3 is 0 Å². The van der Waals surface area contributed by atoms with Gasteiger partial charge in [-0.15, -0.1) is 58.0 Å². The lowest BCUT2D eigenvalue weighted by Gasteiger charge is -2.48. The molecule has 0 aromatic heterocycles. The highest BCUT2D eigenvalue weighted by molar-refractivity contribution is 6.65. The van der Waals surface area contributed by atoms with E-state index in [1.165, 1.54) is 0 Å². The molecule has 0 saturated heterocycles. The van der Waals surface area contributed by atoms with Crippen molar-refractivity contribution in [2.45, 2.75) is 29.7 Å². The predicted octanol–water partition coefficient (Wildman–Crippen LogP) is 3.78. The second kappa shape index (κ2) is 3.07. The smallest absolute Gasteiger partial charge is 0.160 e. The minimum atomic E-state index is -1.58. The normalized spacial score (nSPS) is 70.6. The summed E-state index contributed by atoms with van der Waals surface area (Å²) in [7, 11) is 0. The predicted molar refractivity (Wildman–Crippen MR) is 74.9 cm³/mol. The van der Waals surface area contributed by atoms with Gasteiger partial charge in [0.25, 0.3) is 0 Å². The van der Waals surface area contributed by atoms with E-state index in [1.54, 1.807) is 0 Å². The van der Waals surface area contributed by atoms with Crippen LogP contribution in [0.4, 0.5) is 0 Å². The van der Waals surface area contributed by atoms with E-state index in [4.69, 9.17) is 81.2 Å². The minimum Gasteiger partial charge on any atom is -0.299 e. The van der Waals surface area contributed by atoms with Crippen molar-refractivity contribution in [1.82, 2.24) is 0 Å². The molecule has 8 heteroatoms. The molecule has 0 spiro atoms. The molecule has 0 N–H and O–H groups in total. The lowest BCUT2D eigenvalue weighted by Crippen LogP contribution is -2.64. The number of carbonyl (C=O) groups excluding carboxylic acids is 1. The second-order valence-corrected chi connectivity index (χ2v) is 9.63. The van der Waals surface area contributed by atoms with Crippen molar-refractivity contribution in [3.63, 3.8) is 0 Å². The molecule has 4 bridgehead atoms. The van der Waals surface area contributed by atoms with Gasteiger partial charge in [-0.2, -0.15) is 0 Å². The second-order valence-electron chi connectivity index (χ2n) is 5.51. The molecule has 0 heterocycles. The summed E-state index contributed by atoms with van der Waals surface area (Å²) in [4.78, 5) is 8.46. The summed E-state index contributed by atoms with van der Waals surface area (Å²) >= 11 is 45.3. The van der Waals surface area contributed by atoms with E-state index in [2.05, 4.69) is 0 Å². The Morgan fingerprint density at radius 1 is 0.889 bits per heavy atom. The molecule has 0 unspecified atom stereocenters. The number of rotatable bonds is 0. The third-order valence-corrected chi connectivity index (χ3v) is 10.7. The number of halogens is 7. The van der Waals surface area contributed by atoms with Gasteiger partial charge in [-0.3, -0.25) is 4.79 Å². The quantitative estimate of drug-likeness (QED) is 0.577. The van der Waals surface area contributed by atoms with Gasteiger partial charge in [0.05, 0.1) is 21.5 Å². The minimum absolute atomic E-state index is 0.110. The molecule has 1 nitrogen and oxygen atoms in total. The van der Waals surface area contributed by atoms with Crippen molar-refractivity contribution in [2.24, 2.45) is 17.8 Å². The summed E-state index contributed by atoms with van der Waals surface area (Å²) in [5, 5.41) is -1.31. The first-order valence-electron chi connectivity index (χ1n) is 5.36. The zero-order chi connectivity index (χ0) is 13.5. The average molecular weight is 389 g/mol. The Kier molecular flexibility index (Phi) is 2.28. The van der Waals surface area contributed by atoms with Gasteiger partial charge in [-0.05, 0) is 0 Å². The SMILES string of the molecule is O=C1[C@@H]2[C@@H]3[C@H](Cl)[C@H]1[C@]1(Cl)[C@@H](Cl)[C@@]2(Cl)C(Cl)(Cl)[C@]31Cl. The highest BCUT2D eigenvalue weighted by atomic mass is 35.5. The summed E-state index contributed by atoms with van der Waals surface area (Å²) in [6.07, 6.45) is 0. The maximum absolute atomic E-state index is 12.4. The Balaban J connectivity index is 2.14. The largest absolute Gasteiger partial charge is 0.299 e. The molecule has 4 saturated carbocycles. The first-order chi connectivity index (χ1) is 8.09. The molecule has 0 aliphatic heterocycles. The molecule has 0 amide bonds. The molecular weight excluding hydrogens is 384 g/mol. The molecule has 0 aromatic rings. The third-order valence-electron chi connectivity index (χ3n) is 5.23. The Morgan fingerprint density at radius 3 is 2.00 bits per heavy atom. The molecule has 100 valence electrons. The van der Waals surface area contributed by atoms with Crippen molar-refractivity contribution in [3.8, 4) is 0 Å². The third kappa shape index (κ3) is 0.797.